The van der Waals surface area contributed by atoms with E-state index in [2.05, 4.69) is 21.3 Å². The molecule has 0 radical (unpaired) electrons. The van der Waals surface area contributed by atoms with Crippen LogP contribution in [-0.2, 0) is 16.1 Å². The number of carbonyl (C=O) groups is 1. The second-order valence-corrected chi connectivity index (χ2v) is 6.53. The molecule has 2 aliphatic heterocycles. The van der Waals surface area contributed by atoms with Gasteiger partial charge in [-0.15, -0.1) is 0 Å². The Hall–Kier alpha value is -2.59. The summed E-state index contributed by atoms with van der Waals surface area (Å²) in [5, 5.41) is 12.3. The lowest BCUT2D eigenvalue weighted by Gasteiger charge is -2.37. The number of nitrogens with one attached hydrogen (secondary N) is 1. The molecular weight excluding hydrogens is 330 g/mol. The van der Waals surface area contributed by atoms with Gasteiger partial charge in [0.15, 0.2) is 5.96 Å². The van der Waals surface area contributed by atoms with Crippen molar-refractivity contribution < 1.29 is 9.53 Å². The fourth-order valence-corrected chi connectivity index (χ4v) is 3.38. The van der Waals surface area contributed by atoms with Crippen LogP contribution >= 0.6 is 0 Å². The molecule has 0 spiro atoms. The summed E-state index contributed by atoms with van der Waals surface area (Å²) in [5.41, 5.74) is 1.69. The van der Waals surface area contributed by atoms with E-state index in [9.17, 15) is 4.79 Å². The number of hydrogen-bond acceptors (Lipinski definition) is 4. The third kappa shape index (κ3) is 4.33. The van der Waals surface area contributed by atoms with Crippen molar-refractivity contribution in [1.29, 1.82) is 5.26 Å². The van der Waals surface area contributed by atoms with E-state index in [0.29, 0.717) is 31.8 Å². The SMILES string of the molecule is CN=C(NCc1cccc(C#N)c1)N1CCN(C(=O)C2CCCO2)CC1. The predicted octanol–water partition coefficient (Wildman–Crippen LogP) is 0.957. The molecule has 0 bridgehead atoms. The molecule has 138 valence electrons. The lowest BCUT2D eigenvalue weighted by molar-refractivity contribution is -0.142. The Balaban J connectivity index is 1.50. The van der Waals surface area contributed by atoms with Crippen molar-refractivity contribution >= 4 is 11.9 Å². The maximum Gasteiger partial charge on any atom is 0.251 e. The first-order valence-electron chi connectivity index (χ1n) is 9.06. The average Bonchev–Trinajstić information content (AvgIpc) is 3.23. The van der Waals surface area contributed by atoms with Gasteiger partial charge in [0.1, 0.15) is 6.10 Å². The van der Waals surface area contributed by atoms with Crippen LogP contribution in [0.1, 0.15) is 24.0 Å². The van der Waals surface area contributed by atoms with Crippen LogP contribution in [0.25, 0.3) is 0 Å². The zero-order valence-electron chi connectivity index (χ0n) is 15.1. The van der Waals surface area contributed by atoms with E-state index in [1.807, 2.05) is 23.1 Å². The molecule has 1 aromatic rings. The van der Waals surface area contributed by atoms with E-state index in [1.54, 1.807) is 13.1 Å². The number of piperazine rings is 1. The lowest BCUT2D eigenvalue weighted by Crippen LogP contribution is -2.55. The highest BCUT2D eigenvalue weighted by atomic mass is 16.5. The second kappa shape index (κ2) is 8.68. The van der Waals surface area contributed by atoms with Crippen LogP contribution in [0.4, 0.5) is 0 Å². The summed E-state index contributed by atoms with van der Waals surface area (Å²) in [4.78, 5) is 20.8. The van der Waals surface area contributed by atoms with E-state index in [-0.39, 0.29) is 12.0 Å². The summed E-state index contributed by atoms with van der Waals surface area (Å²) in [7, 11) is 1.76. The van der Waals surface area contributed by atoms with Crippen LogP contribution in [0.15, 0.2) is 29.3 Å². The Labute approximate surface area is 154 Å². The largest absolute Gasteiger partial charge is 0.368 e. The third-order valence-corrected chi connectivity index (χ3v) is 4.81. The molecule has 2 saturated heterocycles. The Bertz CT molecular complexity index is 698. The predicted molar refractivity (Wildman–Crippen MR) is 98.5 cm³/mol. The number of benzene rings is 1. The molecular formula is C19H25N5O2. The first-order chi connectivity index (χ1) is 12.7. The quantitative estimate of drug-likeness (QED) is 0.645. The number of hydrogen-bond donors (Lipinski definition) is 1. The molecule has 2 aliphatic rings. The van der Waals surface area contributed by atoms with Gasteiger partial charge < -0.3 is 19.9 Å². The topological polar surface area (TPSA) is 81.0 Å². The average molecular weight is 355 g/mol. The molecule has 7 nitrogen and oxygen atoms in total. The van der Waals surface area contributed by atoms with E-state index in [0.717, 1.165) is 37.5 Å². The summed E-state index contributed by atoms with van der Waals surface area (Å²) < 4.78 is 5.51. The van der Waals surface area contributed by atoms with Crippen molar-refractivity contribution in [2.75, 3.05) is 39.8 Å². The van der Waals surface area contributed by atoms with Gasteiger partial charge >= 0.3 is 0 Å². The van der Waals surface area contributed by atoms with Crippen molar-refractivity contribution in [1.82, 2.24) is 15.1 Å². The summed E-state index contributed by atoms with van der Waals surface area (Å²) in [6.07, 6.45) is 1.57. The number of nitriles is 1. The molecule has 0 saturated carbocycles. The van der Waals surface area contributed by atoms with Crippen LogP contribution in [0.3, 0.4) is 0 Å². The van der Waals surface area contributed by atoms with E-state index < -0.39 is 0 Å². The number of rotatable bonds is 3. The molecule has 1 amide bonds. The Morgan fingerprint density at radius 3 is 2.77 bits per heavy atom. The van der Waals surface area contributed by atoms with Gasteiger partial charge in [0.2, 0.25) is 0 Å². The van der Waals surface area contributed by atoms with Crippen molar-refractivity contribution in [2.45, 2.75) is 25.5 Å². The van der Waals surface area contributed by atoms with Gasteiger partial charge in [-0.2, -0.15) is 5.26 Å². The van der Waals surface area contributed by atoms with Crippen LogP contribution in [0.5, 0.6) is 0 Å². The molecule has 1 N–H and O–H groups in total. The molecule has 0 aliphatic carbocycles. The molecule has 3 rings (SSSR count). The van der Waals surface area contributed by atoms with Gasteiger partial charge in [0.05, 0.1) is 11.6 Å². The molecule has 7 heteroatoms. The van der Waals surface area contributed by atoms with Crippen LogP contribution in [0.2, 0.25) is 0 Å². The number of carbonyl (C=O) groups excluding carboxylic acids is 1. The van der Waals surface area contributed by atoms with Gasteiger partial charge in [-0.3, -0.25) is 9.79 Å². The molecule has 26 heavy (non-hydrogen) atoms. The summed E-state index contributed by atoms with van der Waals surface area (Å²) in [6.45, 7) is 4.16. The number of ether oxygens (including phenoxy) is 1. The zero-order valence-corrected chi connectivity index (χ0v) is 15.1. The molecule has 1 atom stereocenters. The fourth-order valence-electron chi connectivity index (χ4n) is 3.38. The van der Waals surface area contributed by atoms with Gasteiger partial charge in [0, 0.05) is 46.4 Å². The highest BCUT2D eigenvalue weighted by Crippen LogP contribution is 2.16. The van der Waals surface area contributed by atoms with Crippen LogP contribution in [0, 0.1) is 11.3 Å². The minimum Gasteiger partial charge on any atom is -0.368 e. The maximum atomic E-state index is 12.4. The smallest absolute Gasteiger partial charge is 0.251 e. The molecule has 1 aromatic carbocycles. The van der Waals surface area contributed by atoms with Crippen molar-refractivity contribution in [3.8, 4) is 6.07 Å². The molecule has 2 fully saturated rings. The highest BCUT2D eigenvalue weighted by Gasteiger charge is 2.30. The van der Waals surface area contributed by atoms with Gasteiger partial charge in [0.25, 0.3) is 5.91 Å². The Morgan fingerprint density at radius 1 is 1.35 bits per heavy atom. The summed E-state index contributed by atoms with van der Waals surface area (Å²) in [5.74, 6) is 0.940. The van der Waals surface area contributed by atoms with Crippen molar-refractivity contribution in [2.24, 2.45) is 4.99 Å². The molecule has 2 heterocycles. The summed E-state index contributed by atoms with van der Waals surface area (Å²) in [6, 6.07) is 9.69. The zero-order chi connectivity index (χ0) is 18.4. The first-order valence-corrected chi connectivity index (χ1v) is 9.06. The standard InChI is InChI=1S/C19H25N5O2/c1-21-19(22-14-16-5-2-4-15(12-16)13-20)24-9-7-23(8-10-24)18(25)17-6-3-11-26-17/h2,4-5,12,17H,3,6-11,14H2,1H3,(H,21,22). The monoisotopic (exact) mass is 355 g/mol. The first kappa shape index (κ1) is 18.2. The number of nitrogens with zero attached hydrogens (tertiary/aromatic N) is 4. The fraction of sp³-hybridized carbons (Fsp3) is 0.526. The minimum absolute atomic E-state index is 0.124. The molecule has 1 unspecified atom stereocenters. The van der Waals surface area contributed by atoms with Crippen molar-refractivity contribution in [3.05, 3.63) is 35.4 Å². The number of guanidine groups is 1. The van der Waals surface area contributed by atoms with E-state index >= 15 is 0 Å². The molecule has 0 aromatic heterocycles. The maximum absolute atomic E-state index is 12.4. The van der Waals surface area contributed by atoms with Crippen molar-refractivity contribution in [3.63, 3.8) is 0 Å². The van der Waals surface area contributed by atoms with E-state index in [4.69, 9.17) is 10.00 Å². The normalized spacial score (nSPS) is 20.8. The Morgan fingerprint density at radius 2 is 2.12 bits per heavy atom. The van der Waals surface area contributed by atoms with Gasteiger partial charge in [-0.05, 0) is 30.5 Å². The summed E-state index contributed by atoms with van der Waals surface area (Å²) >= 11 is 0. The van der Waals surface area contributed by atoms with Gasteiger partial charge in [-0.25, -0.2) is 0 Å². The number of aliphatic imine (C=N–C) groups is 1. The van der Waals surface area contributed by atoms with Crippen LogP contribution in [-0.4, -0.2) is 67.6 Å². The van der Waals surface area contributed by atoms with E-state index in [1.165, 1.54) is 0 Å². The lowest BCUT2D eigenvalue weighted by atomic mass is 10.1. The van der Waals surface area contributed by atoms with Gasteiger partial charge in [-0.1, -0.05) is 12.1 Å². The van der Waals surface area contributed by atoms with Crippen LogP contribution < -0.4 is 5.32 Å². The third-order valence-electron chi connectivity index (χ3n) is 4.81. The Kier molecular flexibility index (Phi) is 6.08. The minimum atomic E-state index is -0.244. The number of amides is 1. The highest BCUT2D eigenvalue weighted by molar-refractivity contribution is 5.82. The second-order valence-electron chi connectivity index (χ2n) is 6.53.